The monoisotopic (exact) mass is 508 g/mol. The standard InChI is InChI=1S/C34H44Si2/c1-22-15-23(2)18-32(17-22)36(33-19-24(3)16-25(4)20-33,34-28(7)26(5)27(6)29(34)8)31-14-12-13-30(21-31)35(9,10)11/h12-21,28H,1-11H3. The summed E-state index contributed by atoms with van der Waals surface area (Å²) in [6.45, 7) is 26.0. The first kappa shape index (κ1) is 26.6. The Balaban J connectivity index is 2.27. The molecular formula is C34H44Si2. The molecule has 0 bridgehead atoms. The van der Waals surface area contributed by atoms with E-state index in [0.29, 0.717) is 5.92 Å². The van der Waals surface area contributed by atoms with Crippen molar-refractivity contribution in [2.45, 2.75) is 75.0 Å². The molecule has 0 N–H and O–H groups in total. The summed E-state index contributed by atoms with van der Waals surface area (Å²) >= 11 is 0. The van der Waals surface area contributed by atoms with Crippen LogP contribution in [0.3, 0.4) is 0 Å². The summed E-state index contributed by atoms with van der Waals surface area (Å²) in [6.07, 6.45) is 0. The number of benzene rings is 3. The van der Waals surface area contributed by atoms with E-state index in [2.05, 4.69) is 136 Å². The van der Waals surface area contributed by atoms with E-state index in [1.54, 1.807) is 15.6 Å². The SMILES string of the molecule is CC1=C(C)C(C)C([Si](c2cc(C)cc(C)c2)(c2cc(C)cc(C)c2)c2cccc([Si](C)(C)C)c2)=C1C. The fourth-order valence-electron chi connectivity index (χ4n) is 6.54. The van der Waals surface area contributed by atoms with Crippen molar-refractivity contribution in [2.75, 3.05) is 0 Å². The van der Waals surface area contributed by atoms with Gasteiger partial charge in [0.15, 0.2) is 8.07 Å². The maximum Gasteiger partial charge on any atom is 0.176 e. The first-order chi connectivity index (χ1) is 16.8. The van der Waals surface area contributed by atoms with E-state index in [4.69, 9.17) is 0 Å². The summed E-state index contributed by atoms with van der Waals surface area (Å²) in [5.41, 5.74) is 9.98. The predicted molar refractivity (Wildman–Crippen MR) is 166 cm³/mol. The minimum Gasteiger partial charge on any atom is -0.0656 e. The summed E-state index contributed by atoms with van der Waals surface area (Å²) in [7, 11) is -4.07. The largest absolute Gasteiger partial charge is 0.176 e. The van der Waals surface area contributed by atoms with Crippen molar-refractivity contribution in [1.29, 1.82) is 0 Å². The highest BCUT2D eigenvalue weighted by Gasteiger charge is 2.48. The molecule has 3 aromatic rings. The highest BCUT2D eigenvalue weighted by molar-refractivity contribution is 7.16. The molecule has 4 rings (SSSR count). The molecule has 0 fully saturated rings. The first-order valence-corrected chi connectivity index (χ1v) is 18.9. The van der Waals surface area contributed by atoms with Crippen LogP contribution in [0.1, 0.15) is 49.9 Å². The quantitative estimate of drug-likeness (QED) is 0.263. The molecule has 36 heavy (non-hydrogen) atoms. The molecular weight excluding hydrogens is 465 g/mol. The summed E-state index contributed by atoms with van der Waals surface area (Å²) in [5, 5.41) is 7.83. The Morgan fingerprint density at radius 1 is 0.528 bits per heavy atom. The van der Waals surface area contributed by atoms with Crippen molar-refractivity contribution in [1.82, 2.24) is 0 Å². The lowest BCUT2D eigenvalue weighted by atomic mass is 10.1. The van der Waals surface area contributed by atoms with Gasteiger partial charge in [-0.25, -0.2) is 0 Å². The molecule has 0 saturated carbocycles. The predicted octanol–water partition coefficient (Wildman–Crippen LogP) is 6.78. The molecule has 1 aliphatic rings. The molecule has 1 atom stereocenters. The van der Waals surface area contributed by atoms with Gasteiger partial charge >= 0.3 is 0 Å². The van der Waals surface area contributed by atoms with Crippen LogP contribution in [-0.4, -0.2) is 16.1 Å². The van der Waals surface area contributed by atoms with Gasteiger partial charge in [0.1, 0.15) is 0 Å². The van der Waals surface area contributed by atoms with E-state index in [-0.39, 0.29) is 0 Å². The smallest absolute Gasteiger partial charge is 0.0656 e. The van der Waals surface area contributed by atoms with Crippen LogP contribution in [0.4, 0.5) is 0 Å². The molecule has 0 nitrogen and oxygen atoms in total. The van der Waals surface area contributed by atoms with E-state index in [9.17, 15) is 0 Å². The molecule has 0 aromatic heterocycles. The molecule has 0 saturated heterocycles. The molecule has 0 amide bonds. The molecule has 3 aromatic carbocycles. The van der Waals surface area contributed by atoms with Crippen LogP contribution in [0.25, 0.3) is 0 Å². The number of rotatable bonds is 5. The van der Waals surface area contributed by atoms with Crippen LogP contribution in [0, 0.1) is 33.6 Å². The van der Waals surface area contributed by atoms with Gasteiger partial charge in [0.25, 0.3) is 0 Å². The Morgan fingerprint density at radius 3 is 1.36 bits per heavy atom. The lowest BCUT2D eigenvalue weighted by Crippen LogP contribution is -2.70. The van der Waals surface area contributed by atoms with Crippen LogP contribution < -0.4 is 20.7 Å². The van der Waals surface area contributed by atoms with Gasteiger partial charge in [-0.05, 0) is 75.5 Å². The number of hydrogen-bond donors (Lipinski definition) is 0. The fraction of sp³-hybridized carbons (Fsp3) is 0.353. The van der Waals surface area contributed by atoms with Gasteiger partial charge in [-0.2, -0.15) is 0 Å². The topological polar surface area (TPSA) is 0 Å². The summed E-state index contributed by atoms with van der Waals surface area (Å²) in [6, 6.07) is 24.5. The second-order valence-electron chi connectivity index (χ2n) is 12.4. The van der Waals surface area contributed by atoms with Crippen LogP contribution in [-0.2, 0) is 0 Å². The molecule has 1 unspecified atom stereocenters. The number of aryl methyl sites for hydroxylation is 4. The number of allylic oxidation sites excluding steroid dienone is 4. The normalized spacial score (nSPS) is 16.8. The van der Waals surface area contributed by atoms with Crippen molar-refractivity contribution in [3.8, 4) is 0 Å². The minimum atomic E-state index is -2.58. The zero-order valence-electron chi connectivity index (χ0n) is 24.4. The molecule has 0 heterocycles. The molecule has 0 spiro atoms. The Bertz CT molecular complexity index is 1300. The Labute approximate surface area is 222 Å². The number of hydrogen-bond acceptors (Lipinski definition) is 0. The van der Waals surface area contributed by atoms with Crippen molar-refractivity contribution >= 4 is 36.9 Å². The first-order valence-electron chi connectivity index (χ1n) is 13.4. The van der Waals surface area contributed by atoms with Gasteiger partial charge < -0.3 is 0 Å². The molecule has 1 aliphatic carbocycles. The van der Waals surface area contributed by atoms with Gasteiger partial charge in [0, 0.05) is 0 Å². The average Bonchev–Trinajstić information content (AvgIpc) is 2.96. The van der Waals surface area contributed by atoms with Crippen LogP contribution in [0.5, 0.6) is 0 Å². The van der Waals surface area contributed by atoms with E-state index in [0.717, 1.165) is 0 Å². The fourth-order valence-corrected chi connectivity index (χ4v) is 13.9. The van der Waals surface area contributed by atoms with Crippen molar-refractivity contribution in [2.24, 2.45) is 5.92 Å². The van der Waals surface area contributed by atoms with E-state index in [1.807, 2.05) is 0 Å². The maximum atomic E-state index is 2.61. The van der Waals surface area contributed by atoms with Gasteiger partial charge in [0.05, 0.1) is 8.07 Å². The third-order valence-electron chi connectivity index (χ3n) is 8.52. The molecule has 2 heteroatoms. The zero-order chi connectivity index (χ0) is 26.6. The van der Waals surface area contributed by atoms with Crippen molar-refractivity contribution in [3.63, 3.8) is 0 Å². The second kappa shape index (κ2) is 9.46. The van der Waals surface area contributed by atoms with Gasteiger partial charge in [0.2, 0.25) is 0 Å². The second-order valence-corrected chi connectivity index (χ2v) is 21.3. The van der Waals surface area contributed by atoms with Crippen LogP contribution >= 0.6 is 0 Å². The highest BCUT2D eigenvalue weighted by Crippen LogP contribution is 2.41. The summed E-state index contributed by atoms with van der Waals surface area (Å²) < 4.78 is 0. The van der Waals surface area contributed by atoms with Crippen LogP contribution in [0.15, 0.2) is 82.6 Å². The van der Waals surface area contributed by atoms with E-state index in [1.165, 1.54) is 49.3 Å². The van der Waals surface area contributed by atoms with Gasteiger partial charge in [-0.15, -0.1) is 0 Å². The van der Waals surface area contributed by atoms with Crippen molar-refractivity contribution in [3.05, 3.63) is 105 Å². The molecule has 0 aliphatic heterocycles. The summed E-state index contributed by atoms with van der Waals surface area (Å²) in [4.78, 5) is 0. The van der Waals surface area contributed by atoms with E-state index >= 15 is 0 Å². The zero-order valence-corrected chi connectivity index (χ0v) is 26.4. The van der Waals surface area contributed by atoms with Gasteiger partial charge in [-0.3, -0.25) is 0 Å². The Kier molecular flexibility index (Phi) is 7.00. The Morgan fingerprint density at radius 2 is 0.972 bits per heavy atom. The minimum absolute atomic E-state index is 0.439. The van der Waals surface area contributed by atoms with Crippen LogP contribution in [0.2, 0.25) is 19.6 Å². The van der Waals surface area contributed by atoms with Crippen molar-refractivity contribution < 1.29 is 0 Å². The lowest BCUT2D eigenvalue weighted by Gasteiger charge is -2.40. The summed E-state index contributed by atoms with van der Waals surface area (Å²) in [5.74, 6) is 0.439. The molecule has 188 valence electrons. The maximum absolute atomic E-state index is 2.61. The average molecular weight is 509 g/mol. The molecule has 0 radical (unpaired) electrons. The third kappa shape index (κ3) is 4.44. The Hall–Kier alpha value is -2.43. The van der Waals surface area contributed by atoms with Gasteiger partial charge in [-0.1, -0.05) is 131 Å². The third-order valence-corrected chi connectivity index (χ3v) is 15.7. The van der Waals surface area contributed by atoms with E-state index < -0.39 is 16.1 Å². The highest BCUT2D eigenvalue weighted by atomic mass is 28.3. The lowest BCUT2D eigenvalue weighted by molar-refractivity contribution is 0.851.